The molecule has 0 radical (unpaired) electrons. The number of carbonyl (C=O) groups is 2. The lowest BCUT2D eigenvalue weighted by molar-refractivity contribution is -0.137. The Balaban J connectivity index is 0.00000254. The number of halogens is 4. The fraction of sp³-hybridized carbons (Fsp3) is 0.529. The van der Waals surface area contributed by atoms with Crippen molar-refractivity contribution in [3.8, 4) is 0 Å². The molecule has 0 spiro atoms. The van der Waals surface area contributed by atoms with E-state index in [4.69, 9.17) is 0 Å². The van der Waals surface area contributed by atoms with Crippen molar-refractivity contribution in [3.05, 3.63) is 29.3 Å². The van der Waals surface area contributed by atoms with Crippen molar-refractivity contribution < 1.29 is 22.8 Å². The molecule has 136 valence electrons. The molecule has 1 rings (SSSR count). The van der Waals surface area contributed by atoms with E-state index in [1.165, 1.54) is 19.4 Å². The number of unbranched alkanes of at least 4 members (excludes halogenated alkanes) is 1. The molecule has 0 saturated carbocycles. The van der Waals surface area contributed by atoms with Crippen LogP contribution in [0.1, 0.15) is 56.0 Å². The van der Waals surface area contributed by atoms with Crippen LogP contribution in [-0.4, -0.2) is 18.1 Å². The van der Waals surface area contributed by atoms with Crippen molar-refractivity contribution in [2.45, 2.75) is 46.2 Å². The minimum Gasteiger partial charge on any atom is -0.325 e. The number of ketones is 1. The topological polar surface area (TPSA) is 46.2 Å². The smallest absolute Gasteiger partial charge is 0.325 e. The summed E-state index contributed by atoms with van der Waals surface area (Å²) in [6.07, 6.45) is -0.793. The van der Waals surface area contributed by atoms with Gasteiger partial charge in [-0.25, -0.2) is 0 Å². The minimum atomic E-state index is -4.64. The van der Waals surface area contributed by atoms with Crippen LogP contribution in [0.4, 0.5) is 18.9 Å². The van der Waals surface area contributed by atoms with Gasteiger partial charge in [0, 0.05) is 17.9 Å². The van der Waals surface area contributed by atoms with Crippen molar-refractivity contribution in [2.24, 2.45) is 5.92 Å². The molecular weight excluding hydrogens is 343 g/mol. The van der Waals surface area contributed by atoms with Gasteiger partial charge in [0.15, 0.2) is 5.78 Å². The van der Waals surface area contributed by atoms with E-state index in [2.05, 4.69) is 16.9 Å². The zero-order valence-corrected chi connectivity index (χ0v) is 15.0. The van der Waals surface area contributed by atoms with Gasteiger partial charge in [-0.2, -0.15) is 13.2 Å². The summed E-state index contributed by atoms with van der Waals surface area (Å²) in [5.74, 6) is -1.28. The number of nitrogens with one attached hydrogen (secondary N) is 1. The standard InChI is InChI=1S/C16H20F3NO2.CH3Cl/c1-4-5-6-10(2)15(22)20-14-8-7-12(11(3)21)9-13(14)16(17,18)19;1-2/h7-10H,4-6H2,1-3H3,(H,20,22);1H3. The van der Waals surface area contributed by atoms with Gasteiger partial charge >= 0.3 is 6.18 Å². The van der Waals surface area contributed by atoms with Crippen molar-refractivity contribution in [2.75, 3.05) is 11.7 Å². The number of alkyl halides is 4. The zero-order chi connectivity index (χ0) is 18.9. The number of carbonyl (C=O) groups excluding carboxylic acids is 2. The molecule has 1 atom stereocenters. The Morgan fingerprint density at radius 2 is 1.83 bits per heavy atom. The molecule has 7 heteroatoms. The molecule has 0 aliphatic heterocycles. The van der Waals surface area contributed by atoms with E-state index in [0.717, 1.165) is 25.0 Å². The first-order chi connectivity index (χ1) is 11.2. The second-order valence-corrected chi connectivity index (χ2v) is 5.35. The summed E-state index contributed by atoms with van der Waals surface area (Å²) < 4.78 is 39.3. The van der Waals surface area contributed by atoms with Gasteiger partial charge in [-0.1, -0.05) is 26.7 Å². The van der Waals surface area contributed by atoms with Gasteiger partial charge in [-0.15, -0.1) is 11.6 Å². The van der Waals surface area contributed by atoms with E-state index in [1.807, 2.05) is 6.92 Å². The highest BCUT2D eigenvalue weighted by molar-refractivity contribution is 6.15. The maximum absolute atomic E-state index is 13.1. The van der Waals surface area contributed by atoms with E-state index < -0.39 is 23.4 Å². The lowest BCUT2D eigenvalue weighted by Gasteiger charge is -2.17. The van der Waals surface area contributed by atoms with Crippen molar-refractivity contribution in [3.63, 3.8) is 0 Å². The van der Waals surface area contributed by atoms with Gasteiger partial charge in [-0.05, 0) is 31.5 Å². The van der Waals surface area contributed by atoms with E-state index in [0.29, 0.717) is 6.42 Å². The van der Waals surface area contributed by atoms with E-state index in [1.54, 1.807) is 6.92 Å². The molecule has 3 nitrogen and oxygen atoms in total. The number of Topliss-reactive ketones (excluding diaryl/α,β-unsaturated/α-hetero) is 1. The number of hydrogen-bond donors (Lipinski definition) is 1. The molecule has 1 amide bonds. The first kappa shape index (κ1) is 22.4. The van der Waals surface area contributed by atoms with Crippen molar-refractivity contribution in [1.82, 2.24) is 0 Å². The average molecular weight is 366 g/mol. The largest absolute Gasteiger partial charge is 0.418 e. The van der Waals surface area contributed by atoms with Crippen LogP contribution in [0.5, 0.6) is 0 Å². The minimum absolute atomic E-state index is 0.0376. The summed E-state index contributed by atoms with van der Waals surface area (Å²) in [7, 11) is 0. The van der Waals surface area contributed by atoms with Crippen LogP contribution in [0.3, 0.4) is 0 Å². The number of amides is 1. The SMILES string of the molecule is CCCCC(C)C(=O)Nc1ccc(C(C)=O)cc1C(F)(F)F.CCl. The van der Waals surface area contributed by atoms with Gasteiger partial charge in [0.25, 0.3) is 0 Å². The monoisotopic (exact) mass is 365 g/mol. The lowest BCUT2D eigenvalue weighted by atomic mass is 10.0. The first-order valence-corrected chi connectivity index (χ1v) is 8.33. The third-order valence-electron chi connectivity index (χ3n) is 3.43. The molecule has 1 unspecified atom stereocenters. The normalized spacial score (nSPS) is 12.0. The van der Waals surface area contributed by atoms with Crippen LogP contribution in [0.25, 0.3) is 0 Å². The second-order valence-electron chi connectivity index (χ2n) is 5.35. The Labute approximate surface area is 145 Å². The lowest BCUT2D eigenvalue weighted by Crippen LogP contribution is -2.22. The highest BCUT2D eigenvalue weighted by Crippen LogP contribution is 2.35. The van der Waals surface area contributed by atoms with Crippen molar-refractivity contribution >= 4 is 29.0 Å². The average Bonchev–Trinajstić information content (AvgIpc) is 2.53. The highest BCUT2D eigenvalue weighted by Gasteiger charge is 2.34. The summed E-state index contributed by atoms with van der Waals surface area (Å²) >= 11 is 4.64. The zero-order valence-electron chi connectivity index (χ0n) is 14.3. The predicted octanol–water partition coefficient (Wildman–Crippen LogP) is 5.53. The van der Waals surface area contributed by atoms with E-state index in [9.17, 15) is 22.8 Å². The molecule has 24 heavy (non-hydrogen) atoms. The molecule has 0 fully saturated rings. The maximum Gasteiger partial charge on any atom is 0.418 e. The number of hydrogen-bond acceptors (Lipinski definition) is 2. The van der Waals surface area contributed by atoms with Gasteiger partial charge < -0.3 is 5.32 Å². The number of anilines is 1. The maximum atomic E-state index is 13.1. The van der Waals surface area contributed by atoms with Crippen LogP contribution in [0.15, 0.2) is 18.2 Å². The Hall–Kier alpha value is -1.56. The molecule has 0 bridgehead atoms. The van der Waals surface area contributed by atoms with Crippen LogP contribution >= 0.6 is 11.6 Å². The summed E-state index contributed by atoms with van der Waals surface area (Å²) in [6.45, 7) is 4.86. The van der Waals surface area contributed by atoms with Gasteiger partial charge in [0.1, 0.15) is 0 Å². The molecule has 1 aromatic carbocycles. The fourth-order valence-corrected chi connectivity index (χ4v) is 2.00. The Kier molecular flexibility index (Phi) is 9.66. The second kappa shape index (κ2) is 10.3. The molecule has 1 aromatic rings. The molecule has 0 aliphatic rings. The molecular formula is C17H23ClF3NO2. The summed E-state index contributed by atoms with van der Waals surface area (Å²) in [6, 6.07) is 3.18. The third kappa shape index (κ3) is 6.91. The summed E-state index contributed by atoms with van der Waals surface area (Å²) in [5, 5.41) is 2.32. The Morgan fingerprint density at radius 3 is 2.29 bits per heavy atom. The van der Waals surface area contributed by atoms with E-state index >= 15 is 0 Å². The van der Waals surface area contributed by atoms with Crippen LogP contribution < -0.4 is 5.32 Å². The highest BCUT2D eigenvalue weighted by atomic mass is 35.5. The molecule has 0 saturated heterocycles. The predicted molar refractivity (Wildman–Crippen MR) is 90.5 cm³/mol. The molecule has 0 aromatic heterocycles. The van der Waals surface area contributed by atoms with Gasteiger partial charge in [-0.3, -0.25) is 9.59 Å². The summed E-state index contributed by atoms with van der Waals surface area (Å²) in [5.41, 5.74) is -1.36. The Morgan fingerprint density at radius 1 is 1.25 bits per heavy atom. The van der Waals surface area contributed by atoms with Crippen LogP contribution in [0, 0.1) is 5.92 Å². The quantitative estimate of drug-likeness (QED) is 0.532. The summed E-state index contributed by atoms with van der Waals surface area (Å²) in [4.78, 5) is 23.2. The third-order valence-corrected chi connectivity index (χ3v) is 3.43. The number of rotatable bonds is 6. The van der Waals surface area contributed by atoms with Gasteiger partial charge in [0.2, 0.25) is 5.91 Å². The number of benzene rings is 1. The first-order valence-electron chi connectivity index (χ1n) is 7.57. The van der Waals surface area contributed by atoms with E-state index in [-0.39, 0.29) is 17.2 Å². The molecule has 0 aliphatic carbocycles. The van der Waals surface area contributed by atoms with Crippen LogP contribution in [-0.2, 0) is 11.0 Å². The molecule has 0 heterocycles. The Bertz CT molecular complexity index is 559. The van der Waals surface area contributed by atoms with Gasteiger partial charge in [0.05, 0.1) is 11.3 Å². The van der Waals surface area contributed by atoms with Crippen LogP contribution in [0.2, 0.25) is 0 Å². The molecule has 1 N–H and O–H groups in total. The fourth-order valence-electron chi connectivity index (χ4n) is 2.00. The van der Waals surface area contributed by atoms with Crippen molar-refractivity contribution in [1.29, 1.82) is 0 Å².